The van der Waals surface area contributed by atoms with Gasteiger partial charge in [-0.15, -0.1) is 6.58 Å². The lowest BCUT2D eigenvalue weighted by atomic mass is 10.1. The first-order valence-corrected chi connectivity index (χ1v) is 4.59. The highest BCUT2D eigenvalue weighted by Gasteiger charge is 2.03. The molecule has 64 valence electrons. The van der Waals surface area contributed by atoms with Gasteiger partial charge >= 0.3 is 0 Å². The molecule has 0 aliphatic heterocycles. The molecule has 1 aromatic rings. The Bertz CT molecular complexity index is 281. The van der Waals surface area contributed by atoms with Crippen LogP contribution in [-0.2, 0) is 6.42 Å². The Hall–Kier alpha value is -0.630. The summed E-state index contributed by atoms with van der Waals surface area (Å²) >= 11 is 3.14. The zero-order valence-electron chi connectivity index (χ0n) is 6.69. The van der Waals surface area contributed by atoms with E-state index in [1.807, 2.05) is 6.07 Å². The number of allylic oxidation sites excluding steroid dienone is 1. The molecule has 0 fully saturated rings. The molecule has 0 atom stereocenters. The smallest absolute Gasteiger partial charge is 0.140 e. The van der Waals surface area contributed by atoms with E-state index in [-0.39, 0.29) is 5.82 Å². The lowest BCUT2D eigenvalue weighted by Gasteiger charge is -2.01. The topological polar surface area (TPSA) is 0 Å². The summed E-state index contributed by atoms with van der Waals surface area (Å²) in [6.45, 7) is 3.59. The van der Waals surface area contributed by atoms with Gasteiger partial charge in [-0.25, -0.2) is 4.39 Å². The number of hydrogen-bond acceptors (Lipinski definition) is 0. The normalized spacial score (nSPS) is 9.83. The molecule has 0 amide bonds. The Labute approximate surface area is 80.2 Å². The fourth-order valence-electron chi connectivity index (χ4n) is 0.999. The van der Waals surface area contributed by atoms with Crippen molar-refractivity contribution in [2.45, 2.75) is 12.8 Å². The molecule has 0 radical (unpaired) electrons. The summed E-state index contributed by atoms with van der Waals surface area (Å²) in [4.78, 5) is 0. The van der Waals surface area contributed by atoms with Gasteiger partial charge in [-0.1, -0.05) is 18.2 Å². The van der Waals surface area contributed by atoms with Crippen LogP contribution in [0.4, 0.5) is 4.39 Å². The van der Waals surface area contributed by atoms with Crippen LogP contribution in [0.3, 0.4) is 0 Å². The Balaban J connectivity index is 2.84. The molecule has 0 nitrogen and oxygen atoms in total. The maximum atomic E-state index is 13.2. The van der Waals surface area contributed by atoms with E-state index in [0.717, 1.165) is 18.4 Å². The van der Waals surface area contributed by atoms with Crippen molar-refractivity contribution in [1.29, 1.82) is 0 Å². The standard InChI is InChI=1S/C10H10BrF/c1-2-3-5-8-6-4-7-9(11)10(8)12/h2,4,6-7H,1,3,5H2. The zero-order valence-corrected chi connectivity index (χ0v) is 8.27. The van der Waals surface area contributed by atoms with E-state index in [1.165, 1.54) is 0 Å². The number of hydrogen-bond donors (Lipinski definition) is 0. The second-order valence-corrected chi connectivity index (χ2v) is 3.39. The molecule has 0 N–H and O–H groups in total. The molecule has 0 unspecified atom stereocenters. The number of aryl methyl sites for hydroxylation is 1. The first-order valence-electron chi connectivity index (χ1n) is 3.79. The van der Waals surface area contributed by atoms with Crippen LogP contribution < -0.4 is 0 Å². The first kappa shape index (κ1) is 9.46. The highest BCUT2D eigenvalue weighted by molar-refractivity contribution is 9.10. The van der Waals surface area contributed by atoms with Crippen LogP contribution in [0.15, 0.2) is 35.3 Å². The van der Waals surface area contributed by atoms with E-state index in [9.17, 15) is 4.39 Å². The maximum Gasteiger partial charge on any atom is 0.140 e. The van der Waals surface area contributed by atoms with Crippen molar-refractivity contribution >= 4 is 15.9 Å². The van der Waals surface area contributed by atoms with E-state index in [4.69, 9.17) is 0 Å². The summed E-state index contributed by atoms with van der Waals surface area (Å²) in [7, 11) is 0. The average Bonchev–Trinajstić information content (AvgIpc) is 2.08. The van der Waals surface area contributed by atoms with Gasteiger partial charge in [-0.3, -0.25) is 0 Å². The van der Waals surface area contributed by atoms with Crippen molar-refractivity contribution in [3.8, 4) is 0 Å². The van der Waals surface area contributed by atoms with Crippen LogP contribution in [0.5, 0.6) is 0 Å². The molecular weight excluding hydrogens is 219 g/mol. The van der Waals surface area contributed by atoms with Crippen molar-refractivity contribution in [3.63, 3.8) is 0 Å². The third kappa shape index (κ3) is 2.18. The summed E-state index contributed by atoms with van der Waals surface area (Å²) in [5, 5.41) is 0. The van der Waals surface area contributed by atoms with Gasteiger partial charge in [0.1, 0.15) is 5.82 Å². The van der Waals surface area contributed by atoms with Gasteiger partial charge in [-0.05, 0) is 40.4 Å². The van der Waals surface area contributed by atoms with Crippen LogP contribution in [0, 0.1) is 5.82 Å². The largest absolute Gasteiger partial charge is 0.205 e. The predicted molar refractivity (Wildman–Crippen MR) is 52.6 cm³/mol. The van der Waals surface area contributed by atoms with Crippen molar-refractivity contribution < 1.29 is 4.39 Å². The molecule has 1 rings (SSSR count). The van der Waals surface area contributed by atoms with Gasteiger partial charge in [0.05, 0.1) is 4.47 Å². The van der Waals surface area contributed by atoms with Crippen LogP contribution >= 0.6 is 15.9 Å². The molecule has 0 saturated carbocycles. The van der Waals surface area contributed by atoms with Crippen LogP contribution in [0.2, 0.25) is 0 Å². The number of benzene rings is 1. The van der Waals surface area contributed by atoms with E-state index in [0.29, 0.717) is 4.47 Å². The minimum atomic E-state index is -0.153. The van der Waals surface area contributed by atoms with Gasteiger partial charge < -0.3 is 0 Å². The molecule has 0 spiro atoms. The number of rotatable bonds is 3. The molecule has 0 aromatic heterocycles. The summed E-state index contributed by atoms with van der Waals surface area (Å²) in [6, 6.07) is 5.34. The summed E-state index contributed by atoms with van der Waals surface area (Å²) in [5.41, 5.74) is 0.740. The second kappa shape index (κ2) is 4.41. The first-order chi connectivity index (χ1) is 5.75. The third-order valence-corrected chi connectivity index (χ3v) is 2.26. The van der Waals surface area contributed by atoms with Gasteiger partial charge in [0, 0.05) is 0 Å². The van der Waals surface area contributed by atoms with Crippen LogP contribution in [0.25, 0.3) is 0 Å². The average molecular weight is 229 g/mol. The lowest BCUT2D eigenvalue weighted by molar-refractivity contribution is 0.603. The quantitative estimate of drug-likeness (QED) is 0.693. The fraction of sp³-hybridized carbons (Fsp3) is 0.200. The van der Waals surface area contributed by atoms with E-state index in [2.05, 4.69) is 22.5 Å². The van der Waals surface area contributed by atoms with Crippen LogP contribution in [0.1, 0.15) is 12.0 Å². The Kier molecular flexibility index (Phi) is 3.48. The molecule has 0 aliphatic carbocycles. The van der Waals surface area contributed by atoms with E-state index < -0.39 is 0 Å². The Morgan fingerprint density at radius 3 is 2.92 bits per heavy atom. The fourth-order valence-corrected chi connectivity index (χ4v) is 1.41. The van der Waals surface area contributed by atoms with Crippen molar-refractivity contribution in [3.05, 3.63) is 46.7 Å². The second-order valence-electron chi connectivity index (χ2n) is 2.54. The van der Waals surface area contributed by atoms with Crippen molar-refractivity contribution in [1.82, 2.24) is 0 Å². The van der Waals surface area contributed by atoms with Crippen molar-refractivity contribution in [2.75, 3.05) is 0 Å². The maximum absolute atomic E-state index is 13.2. The van der Waals surface area contributed by atoms with Gasteiger partial charge in [0.2, 0.25) is 0 Å². The van der Waals surface area contributed by atoms with E-state index >= 15 is 0 Å². The highest BCUT2D eigenvalue weighted by atomic mass is 79.9. The SMILES string of the molecule is C=CCCc1cccc(Br)c1F. The minimum Gasteiger partial charge on any atom is -0.205 e. The molecule has 1 aromatic carbocycles. The Morgan fingerprint density at radius 2 is 2.25 bits per heavy atom. The van der Waals surface area contributed by atoms with Gasteiger partial charge in [0.25, 0.3) is 0 Å². The molecule has 2 heteroatoms. The third-order valence-electron chi connectivity index (χ3n) is 1.65. The van der Waals surface area contributed by atoms with Crippen molar-refractivity contribution in [2.24, 2.45) is 0 Å². The van der Waals surface area contributed by atoms with Gasteiger partial charge in [-0.2, -0.15) is 0 Å². The minimum absolute atomic E-state index is 0.153. The monoisotopic (exact) mass is 228 g/mol. The Morgan fingerprint density at radius 1 is 1.50 bits per heavy atom. The molecule has 0 aliphatic rings. The molecule has 0 saturated heterocycles. The van der Waals surface area contributed by atoms with E-state index in [1.54, 1.807) is 18.2 Å². The molecule has 0 bridgehead atoms. The summed E-state index contributed by atoms with van der Waals surface area (Å²) in [6.07, 6.45) is 3.32. The highest BCUT2D eigenvalue weighted by Crippen LogP contribution is 2.19. The van der Waals surface area contributed by atoms with Crippen LogP contribution in [-0.4, -0.2) is 0 Å². The summed E-state index contributed by atoms with van der Waals surface area (Å²) in [5.74, 6) is -0.153. The van der Waals surface area contributed by atoms with Gasteiger partial charge in [0.15, 0.2) is 0 Å². The zero-order chi connectivity index (χ0) is 8.97. The number of halogens is 2. The lowest BCUT2D eigenvalue weighted by Crippen LogP contribution is -1.89. The predicted octanol–water partition coefficient (Wildman–Crippen LogP) is 3.71. The summed E-state index contributed by atoms with van der Waals surface area (Å²) < 4.78 is 13.8. The molecular formula is C10H10BrF. The molecule has 12 heavy (non-hydrogen) atoms. The molecule has 0 heterocycles.